The van der Waals surface area contributed by atoms with Gasteiger partial charge in [0.2, 0.25) is 5.28 Å². The van der Waals surface area contributed by atoms with Gasteiger partial charge in [-0.1, -0.05) is 19.3 Å². The summed E-state index contributed by atoms with van der Waals surface area (Å²) < 4.78 is 37.9. The first kappa shape index (κ1) is 14.4. The molecular formula is C12H15ClF3N3. The Morgan fingerprint density at radius 1 is 1.21 bits per heavy atom. The second-order valence-corrected chi connectivity index (χ2v) is 5.49. The van der Waals surface area contributed by atoms with Crippen molar-refractivity contribution in [3.05, 3.63) is 17.0 Å². The molecule has 0 aliphatic heterocycles. The van der Waals surface area contributed by atoms with E-state index in [0.29, 0.717) is 0 Å². The number of aromatic nitrogens is 2. The summed E-state index contributed by atoms with van der Waals surface area (Å²) in [7, 11) is 0. The van der Waals surface area contributed by atoms with Crippen molar-refractivity contribution < 1.29 is 13.2 Å². The Balaban J connectivity index is 2.22. The number of nitrogens with one attached hydrogen (secondary N) is 1. The average molecular weight is 294 g/mol. The van der Waals surface area contributed by atoms with E-state index >= 15 is 0 Å². The van der Waals surface area contributed by atoms with Crippen LogP contribution in [0.4, 0.5) is 19.0 Å². The summed E-state index contributed by atoms with van der Waals surface area (Å²) >= 11 is 5.56. The SMILES string of the molecule is CC1(Nc2cc(C(F)(F)F)nc(Cl)n2)CCCCC1. The number of halogens is 4. The number of hydrogen-bond acceptors (Lipinski definition) is 3. The molecule has 0 atom stereocenters. The van der Waals surface area contributed by atoms with Crippen molar-refractivity contribution in [2.75, 3.05) is 5.32 Å². The van der Waals surface area contributed by atoms with Gasteiger partial charge in [0.1, 0.15) is 5.82 Å². The van der Waals surface area contributed by atoms with Crippen LogP contribution in [0.1, 0.15) is 44.7 Å². The molecule has 0 spiro atoms. The van der Waals surface area contributed by atoms with E-state index in [2.05, 4.69) is 15.3 Å². The van der Waals surface area contributed by atoms with Gasteiger partial charge < -0.3 is 5.32 Å². The third kappa shape index (κ3) is 3.72. The summed E-state index contributed by atoms with van der Waals surface area (Å²) in [4.78, 5) is 7.04. The molecular weight excluding hydrogens is 279 g/mol. The molecule has 1 saturated carbocycles. The number of anilines is 1. The molecule has 3 nitrogen and oxygen atoms in total. The van der Waals surface area contributed by atoms with Gasteiger partial charge in [-0.2, -0.15) is 13.2 Å². The quantitative estimate of drug-likeness (QED) is 0.827. The van der Waals surface area contributed by atoms with E-state index in [1.54, 1.807) is 0 Å². The topological polar surface area (TPSA) is 37.8 Å². The normalized spacial score (nSPS) is 19.2. The lowest BCUT2D eigenvalue weighted by molar-refractivity contribution is -0.141. The second-order valence-electron chi connectivity index (χ2n) is 5.15. The van der Waals surface area contributed by atoms with Gasteiger partial charge in [-0.25, -0.2) is 9.97 Å². The molecule has 1 aliphatic rings. The van der Waals surface area contributed by atoms with Gasteiger partial charge in [-0.05, 0) is 31.4 Å². The maximum atomic E-state index is 12.6. The summed E-state index contributed by atoms with van der Waals surface area (Å²) in [5.74, 6) is 0.136. The molecule has 106 valence electrons. The second kappa shape index (κ2) is 5.15. The number of hydrogen-bond donors (Lipinski definition) is 1. The molecule has 0 bridgehead atoms. The molecule has 1 aliphatic carbocycles. The zero-order valence-electron chi connectivity index (χ0n) is 10.5. The fraction of sp³-hybridized carbons (Fsp3) is 0.667. The molecule has 0 amide bonds. The van der Waals surface area contributed by atoms with Crippen molar-refractivity contribution in [1.29, 1.82) is 0 Å². The summed E-state index contributed by atoms with van der Waals surface area (Å²) in [6.07, 6.45) is 0.598. The highest BCUT2D eigenvalue weighted by molar-refractivity contribution is 6.28. The molecule has 0 unspecified atom stereocenters. The molecule has 1 aromatic heterocycles. The highest BCUT2D eigenvalue weighted by atomic mass is 35.5. The lowest BCUT2D eigenvalue weighted by Crippen LogP contribution is -2.37. The lowest BCUT2D eigenvalue weighted by atomic mass is 9.83. The summed E-state index contributed by atoms with van der Waals surface area (Å²) in [5.41, 5.74) is -1.24. The molecule has 0 aromatic carbocycles. The van der Waals surface area contributed by atoms with Gasteiger partial charge in [0.05, 0.1) is 0 Å². The molecule has 0 saturated heterocycles. The monoisotopic (exact) mass is 293 g/mol. The fourth-order valence-corrected chi connectivity index (χ4v) is 2.58. The van der Waals surface area contributed by atoms with Crippen LogP contribution in [0.15, 0.2) is 6.07 Å². The van der Waals surface area contributed by atoms with Crippen LogP contribution in [0.3, 0.4) is 0 Å². The number of rotatable bonds is 2. The Morgan fingerprint density at radius 3 is 2.42 bits per heavy atom. The van der Waals surface area contributed by atoms with Crippen LogP contribution in [0, 0.1) is 0 Å². The van der Waals surface area contributed by atoms with Crippen LogP contribution in [-0.4, -0.2) is 15.5 Å². The summed E-state index contributed by atoms with van der Waals surface area (Å²) in [5, 5.41) is 2.68. The average Bonchev–Trinajstić information content (AvgIpc) is 2.27. The van der Waals surface area contributed by atoms with Gasteiger partial charge in [0, 0.05) is 11.6 Å². The predicted octanol–water partition coefficient (Wildman–Crippen LogP) is 4.28. The Labute approximate surface area is 114 Å². The third-order valence-electron chi connectivity index (χ3n) is 3.38. The van der Waals surface area contributed by atoms with Crippen molar-refractivity contribution in [3.63, 3.8) is 0 Å². The summed E-state index contributed by atoms with van der Waals surface area (Å²) in [6.45, 7) is 2.00. The smallest absolute Gasteiger partial charge is 0.365 e. The van der Waals surface area contributed by atoms with Crippen LogP contribution in [0.5, 0.6) is 0 Å². The first-order valence-corrected chi connectivity index (χ1v) is 6.56. The van der Waals surface area contributed by atoms with Crippen molar-refractivity contribution in [3.8, 4) is 0 Å². The zero-order chi connectivity index (χ0) is 14.1. The van der Waals surface area contributed by atoms with Crippen LogP contribution in [0.2, 0.25) is 5.28 Å². The molecule has 1 heterocycles. The minimum absolute atomic E-state index is 0.136. The third-order valence-corrected chi connectivity index (χ3v) is 3.55. The van der Waals surface area contributed by atoms with Gasteiger partial charge in [0.25, 0.3) is 0 Å². The van der Waals surface area contributed by atoms with E-state index < -0.39 is 17.2 Å². The highest BCUT2D eigenvalue weighted by Gasteiger charge is 2.34. The van der Waals surface area contributed by atoms with Crippen molar-refractivity contribution >= 4 is 17.4 Å². The molecule has 1 fully saturated rings. The Morgan fingerprint density at radius 2 is 1.84 bits per heavy atom. The van der Waals surface area contributed by atoms with E-state index in [0.717, 1.165) is 38.2 Å². The Bertz CT molecular complexity index is 456. The lowest BCUT2D eigenvalue weighted by Gasteiger charge is -2.35. The van der Waals surface area contributed by atoms with E-state index in [1.807, 2.05) is 6.92 Å². The van der Waals surface area contributed by atoms with Gasteiger partial charge in [-0.3, -0.25) is 0 Å². The van der Waals surface area contributed by atoms with Crippen LogP contribution in [0.25, 0.3) is 0 Å². The van der Waals surface area contributed by atoms with Crippen LogP contribution >= 0.6 is 11.6 Å². The van der Waals surface area contributed by atoms with E-state index in [-0.39, 0.29) is 11.4 Å². The van der Waals surface area contributed by atoms with Crippen molar-refractivity contribution in [2.45, 2.75) is 50.7 Å². The van der Waals surface area contributed by atoms with E-state index in [9.17, 15) is 13.2 Å². The van der Waals surface area contributed by atoms with Gasteiger partial charge in [-0.15, -0.1) is 0 Å². The highest BCUT2D eigenvalue weighted by Crippen LogP contribution is 2.33. The summed E-state index contributed by atoms with van der Waals surface area (Å²) in [6, 6.07) is 0.908. The minimum Gasteiger partial charge on any atom is -0.365 e. The standard InChI is InChI=1S/C12H15ClF3N3/c1-11(5-3-2-4-6-11)19-9-7-8(12(14,15)16)17-10(13)18-9/h7H,2-6H2,1H3,(H,17,18,19). The Hall–Kier alpha value is -1.04. The molecule has 7 heteroatoms. The van der Waals surface area contributed by atoms with E-state index in [4.69, 9.17) is 11.6 Å². The van der Waals surface area contributed by atoms with Crippen LogP contribution < -0.4 is 5.32 Å². The maximum Gasteiger partial charge on any atom is 0.433 e. The number of nitrogens with zero attached hydrogens (tertiary/aromatic N) is 2. The largest absolute Gasteiger partial charge is 0.433 e. The zero-order valence-corrected chi connectivity index (χ0v) is 11.3. The van der Waals surface area contributed by atoms with Gasteiger partial charge >= 0.3 is 6.18 Å². The first-order valence-electron chi connectivity index (χ1n) is 6.18. The molecule has 0 radical (unpaired) electrons. The molecule has 1 N–H and O–H groups in total. The van der Waals surface area contributed by atoms with Crippen molar-refractivity contribution in [2.24, 2.45) is 0 Å². The first-order chi connectivity index (χ1) is 8.78. The van der Waals surface area contributed by atoms with Crippen LogP contribution in [-0.2, 0) is 6.18 Å². The maximum absolute atomic E-state index is 12.6. The predicted molar refractivity (Wildman–Crippen MR) is 67.2 cm³/mol. The van der Waals surface area contributed by atoms with E-state index in [1.165, 1.54) is 0 Å². The van der Waals surface area contributed by atoms with Gasteiger partial charge in [0.15, 0.2) is 5.69 Å². The van der Waals surface area contributed by atoms with Crippen molar-refractivity contribution in [1.82, 2.24) is 9.97 Å². The number of alkyl halides is 3. The molecule has 1 aromatic rings. The Kier molecular flexibility index (Phi) is 3.90. The molecule has 19 heavy (non-hydrogen) atoms. The molecule has 2 rings (SSSR count). The fourth-order valence-electron chi connectivity index (χ4n) is 2.39. The minimum atomic E-state index is -4.52.